The number of amides is 1. The first-order valence-corrected chi connectivity index (χ1v) is 11.2. The molecule has 0 unspecified atom stereocenters. The van der Waals surface area contributed by atoms with E-state index in [2.05, 4.69) is 69.4 Å². The second-order valence-electron chi connectivity index (χ2n) is 7.58. The fourth-order valence-electron chi connectivity index (χ4n) is 3.99. The highest BCUT2D eigenvalue weighted by atomic mass is 79.9. The molecular formula is C26H24BrFN2O. The third-order valence-corrected chi connectivity index (χ3v) is 6.08. The molecule has 1 fully saturated rings. The summed E-state index contributed by atoms with van der Waals surface area (Å²) in [7, 11) is 0. The molecule has 0 aromatic heterocycles. The van der Waals surface area contributed by atoms with Gasteiger partial charge in [0.2, 0.25) is 5.91 Å². The van der Waals surface area contributed by atoms with Crippen LogP contribution in [0.2, 0.25) is 0 Å². The molecule has 1 aliphatic rings. The maximum Gasteiger partial charge on any atom is 0.246 e. The molecule has 1 aliphatic heterocycles. The standard InChI is InChI=1S/C26H24BrFN2O/c27-23-12-13-24(28)22(19-23)11-14-25(31)29-15-17-30(18-16-29)26(20-7-3-1-4-8-20)21-9-5-2-6-10-21/h1-14,19,26H,15-18H2/b14-11+. The van der Waals surface area contributed by atoms with Crippen molar-refractivity contribution in [2.24, 2.45) is 0 Å². The minimum absolute atomic E-state index is 0.0880. The molecule has 5 heteroatoms. The van der Waals surface area contributed by atoms with E-state index in [-0.39, 0.29) is 17.8 Å². The lowest BCUT2D eigenvalue weighted by molar-refractivity contribution is -0.127. The number of halogens is 2. The van der Waals surface area contributed by atoms with Crippen LogP contribution in [-0.4, -0.2) is 41.9 Å². The number of carbonyl (C=O) groups is 1. The number of piperazine rings is 1. The average Bonchev–Trinajstić information content (AvgIpc) is 2.81. The molecule has 3 aromatic rings. The Morgan fingerprint density at radius 2 is 1.45 bits per heavy atom. The maximum absolute atomic E-state index is 13.9. The van der Waals surface area contributed by atoms with E-state index in [0.29, 0.717) is 18.7 Å². The Morgan fingerprint density at radius 3 is 2.03 bits per heavy atom. The summed E-state index contributed by atoms with van der Waals surface area (Å²) in [5.41, 5.74) is 2.89. The largest absolute Gasteiger partial charge is 0.337 e. The van der Waals surface area contributed by atoms with E-state index in [9.17, 15) is 9.18 Å². The van der Waals surface area contributed by atoms with Crippen molar-refractivity contribution in [3.8, 4) is 0 Å². The molecule has 0 N–H and O–H groups in total. The van der Waals surface area contributed by atoms with Crippen molar-refractivity contribution in [1.29, 1.82) is 0 Å². The topological polar surface area (TPSA) is 23.6 Å². The molecule has 0 atom stereocenters. The molecular weight excluding hydrogens is 455 g/mol. The van der Waals surface area contributed by atoms with Crippen molar-refractivity contribution in [2.45, 2.75) is 6.04 Å². The van der Waals surface area contributed by atoms with E-state index in [1.165, 1.54) is 23.3 Å². The number of hydrogen-bond acceptors (Lipinski definition) is 2. The summed E-state index contributed by atoms with van der Waals surface area (Å²) in [6, 6.07) is 25.8. The van der Waals surface area contributed by atoms with E-state index < -0.39 is 0 Å². The van der Waals surface area contributed by atoms with Crippen molar-refractivity contribution in [3.63, 3.8) is 0 Å². The van der Waals surface area contributed by atoms with Gasteiger partial charge in [-0.3, -0.25) is 9.69 Å². The van der Waals surface area contributed by atoms with Crippen LogP contribution in [0.1, 0.15) is 22.7 Å². The number of carbonyl (C=O) groups excluding carboxylic acids is 1. The number of benzene rings is 3. The summed E-state index contributed by atoms with van der Waals surface area (Å²) in [4.78, 5) is 16.9. The smallest absolute Gasteiger partial charge is 0.246 e. The molecule has 158 valence electrons. The van der Waals surface area contributed by atoms with Crippen LogP contribution in [0.25, 0.3) is 6.08 Å². The first-order valence-electron chi connectivity index (χ1n) is 10.4. The van der Waals surface area contributed by atoms with Crippen LogP contribution in [0.15, 0.2) is 89.4 Å². The fourth-order valence-corrected chi connectivity index (χ4v) is 4.37. The number of rotatable bonds is 5. The van der Waals surface area contributed by atoms with Gasteiger partial charge in [-0.05, 0) is 35.4 Å². The molecule has 3 nitrogen and oxygen atoms in total. The fraction of sp³-hybridized carbons (Fsp3) is 0.192. The quantitative estimate of drug-likeness (QED) is 0.449. The molecule has 1 heterocycles. The summed E-state index contributed by atoms with van der Waals surface area (Å²) in [6.45, 7) is 2.83. The van der Waals surface area contributed by atoms with Crippen LogP contribution in [-0.2, 0) is 4.79 Å². The van der Waals surface area contributed by atoms with E-state index in [1.54, 1.807) is 18.2 Å². The van der Waals surface area contributed by atoms with Crippen molar-refractivity contribution < 1.29 is 9.18 Å². The normalized spacial score (nSPS) is 15.0. The average molecular weight is 479 g/mol. The Bertz CT molecular complexity index is 1010. The van der Waals surface area contributed by atoms with Gasteiger partial charge in [0.05, 0.1) is 6.04 Å². The van der Waals surface area contributed by atoms with Crippen molar-refractivity contribution in [1.82, 2.24) is 9.80 Å². The van der Waals surface area contributed by atoms with Crippen LogP contribution < -0.4 is 0 Å². The Balaban J connectivity index is 1.45. The van der Waals surface area contributed by atoms with Crippen LogP contribution in [0.4, 0.5) is 4.39 Å². The molecule has 3 aromatic carbocycles. The summed E-state index contributed by atoms with van der Waals surface area (Å²) in [5, 5.41) is 0. The van der Waals surface area contributed by atoms with Crippen LogP contribution in [0.3, 0.4) is 0 Å². The third-order valence-electron chi connectivity index (χ3n) is 5.59. The second kappa shape index (κ2) is 10.0. The summed E-state index contributed by atoms with van der Waals surface area (Å²) < 4.78 is 14.7. The summed E-state index contributed by atoms with van der Waals surface area (Å²) in [5.74, 6) is -0.430. The first kappa shape index (κ1) is 21.5. The second-order valence-corrected chi connectivity index (χ2v) is 8.50. The van der Waals surface area contributed by atoms with Gasteiger partial charge in [0.25, 0.3) is 0 Å². The number of hydrogen-bond donors (Lipinski definition) is 0. The molecule has 0 bridgehead atoms. The summed E-state index contributed by atoms with van der Waals surface area (Å²) in [6.07, 6.45) is 3.01. The minimum atomic E-state index is -0.342. The zero-order valence-electron chi connectivity index (χ0n) is 17.1. The SMILES string of the molecule is O=C(/C=C/c1cc(Br)ccc1F)N1CCN(C(c2ccccc2)c2ccccc2)CC1. The van der Waals surface area contributed by atoms with Gasteiger partial charge in [0, 0.05) is 42.3 Å². The van der Waals surface area contributed by atoms with Crippen LogP contribution >= 0.6 is 15.9 Å². The molecule has 1 saturated heterocycles. The molecule has 4 rings (SSSR count). The van der Waals surface area contributed by atoms with Gasteiger partial charge in [-0.2, -0.15) is 0 Å². The molecule has 0 spiro atoms. The molecule has 1 amide bonds. The Hall–Kier alpha value is -2.76. The lowest BCUT2D eigenvalue weighted by atomic mass is 9.96. The van der Waals surface area contributed by atoms with E-state index in [0.717, 1.165) is 17.6 Å². The highest BCUT2D eigenvalue weighted by Gasteiger charge is 2.27. The van der Waals surface area contributed by atoms with Crippen molar-refractivity contribution in [2.75, 3.05) is 26.2 Å². The van der Waals surface area contributed by atoms with Gasteiger partial charge in [-0.1, -0.05) is 76.6 Å². The minimum Gasteiger partial charge on any atom is -0.337 e. The first-order chi connectivity index (χ1) is 15.1. The van der Waals surface area contributed by atoms with Crippen molar-refractivity contribution in [3.05, 3.63) is 112 Å². The van der Waals surface area contributed by atoms with E-state index >= 15 is 0 Å². The van der Waals surface area contributed by atoms with Gasteiger partial charge in [0.1, 0.15) is 5.82 Å². The third kappa shape index (κ3) is 5.30. The van der Waals surface area contributed by atoms with E-state index in [1.807, 2.05) is 17.0 Å². The monoisotopic (exact) mass is 478 g/mol. The molecule has 31 heavy (non-hydrogen) atoms. The van der Waals surface area contributed by atoms with Gasteiger partial charge < -0.3 is 4.90 Å². The highest BCUT2D eigenvalue weighted by molar-refractivity contribution is 9.10. The predicted octanol–water partition coefficient (Wildman–Crippen LogP) is 5.54. The maximum atomic E-state index is 13.9. The van der Waals surface area contributed by atoms with E-state index in [4.69, 9.17) is 0 Å². The predicted molar refractivity (Wildman–Crippen MR) is 126 cm³/mol. The Kier molecular flexibility index (Phi) is 6.95. The summed E-state index contributed by atoms with van der Waals surface area (Å²) >= 11 is 3.34. The van der Waals surface area contributed by atoms with Gasteiger partial charge in [0.15, 0.2) is 0 Å². The Labute approximate surface area is 190 Å². The Morgan fingerprint density at radius 1 is 0.871 bits per heavy atom. The lowest BCUT2D eigenvalue weighted by Gasteiger charge is -2.39. The molecule has 0 radical (unpaired) electrons. The van der Waals surface area contributed by atoms with Crippen LogP contribution in [0, 0.1) is 5.82 Å². The molecule has 0 aliphatic carbocycles. The number of nitrogens with zero attached hydrogens (tertiary/aromatic N) is 2. The van der Waals surface area contributed by atoms with Gasteiger partial charge in [-0.25, -0.2) is 4.39 Å². The zero-order valence-corrected chi connectivity index (χ0v) is 18.7. The van der Waals surface area contributed by atoms with Crippen molar-refractivity contribution >= 4 is 27.9 Å². The lowest BCUT2D eigenvalue weighted by Crippen LogP contribution is -2.49. The van der Waals surface area contributed by atoms with Gasteiger partial charge >= 0.3 is 0 Å². The highest BCUT2D eigenvalue weighted by Crippen LogP contribution is 2.29. The van der Waals surface area contributed by atoms with Crippen LogP contribution in [0.5, 0.6) is 0 Å². The molecule has 0 saturated carbocycles. The zero-order chi connectivity index (χ0) is 21.6. The van der Waals surface area contributed by atoms with Gasteiger partial charge in [-0.15, -0.1) is 0 Å².